The van der Waals surface area contributed by atoms with E-state index in [2.05, 4.69) is 4.99 Å². The zero-order valence-corrected chi connectivity index (χ0v) is 15.5. The Labute approximate surface area is 154 Å². The second-order valence-corrected chi connectivity index (χ2v) is 9.17. The Balaban J connectivity index is 1.64. The van der Waals surface area contributed by atoms with E-state index in [1.807, 2.05) is 0 Å². The summed E-state index contributed by atoms with van der Waals surface area (Å²) in [6.45, 7) is 0.750. The summed E-state index contributed by atoms with van der Waals surface area (Å²) in [7, 11) is 1.54. The Bertz CT molecular complexity index is 753. The molecule has 2 atom stereocenters. The lowest BCUT2D eigenvalue weighted by Gasteiger charge is -2.29. The van der Waals surface area contributed by atoms with Crippen LogP contribution >= 0.6 is 11.3 Å². The van der Waals surface area contributed by atoms with Crippen molar-refractivity contribution in [2.75, 3.05) is 13.7 Å². The monoisotopic (exact) mass is 388 g/mol. The maximum Gasteiger partial charge on any atom is 0.393 e. The van der Waals surface area contributed by atoms with Crippen LogP contribution in [-0.4, -0.2) is 30.4 Å². The minimum Gasteiger partial charge on any atom is -0.383 e. The predicted octanol–water partition coefficient (Wildman–Crippen LogP) is 3.55. The summed E-state index contributed by atoms with van der Waals surface area (Å²) in [6.07, 6.45) is 1.48. The number of methoxy groups -OCH3 is 1. The highest BCUT2D eigenvalue weighted by atomic mass is 32.1. The van der Waals surface area contributed by atoms with Crippen molar-refractivity contribution < 1.29 is 22.7 Å². The van der Waals surface area contributed by atoms with Gasteiger partial charge in [-0.25, -0.2) is 0 Å². The number of rotatable bonds is 5. The molecule has 1 aromatic rings. The van der Waals surface area contributed by atoms with Crippen molar-refractivity contribution in [1.29, 1.82) is 0 Å². The van der Waals surface area contributed by atoms with E-state index in [1.165, 1.54) is 12.6 Å². The Morgan fingerprint density at radius 1 is 1.35 bits per heavy atom. The number of carbonyl (C=O) groups is 1. The van der Waals surface area contributed by atoms with Crippen LogP contribution < -0.4 is 4.80 Å². The summed E-state index contributed by atoms with van der Waals surface area (Å²) < 4.78 is 44.9. The molecule has 0 radical (unpaired) electrons. The molecule has 0 N–H and O–H groups in total. The zero-order chi connectivity index (χ0) is 18.5. The molecular formula is C18H23F3N2O2S. The van der Waals surface area contributed by atoms with Crippen LogP contribution in [0.15, 0.2) is 11.2 Å². The van der Waals surface area contributed by atoms with Gasteiger partial charge in [0.2, 0.25) is 0 Å². The van der Waals surface area contributed by atoms with Gasteiger partial charge in [0, 0.05) is 24.7 Å². The molecule has 1 amide bonds. The van der Waals surface area contributed by atoms with Gasteiger partial charge in [-0.2, -0.15) is 18.2 Å². The van der Waals surface area contributed by atoms with Crippen molar-refractivity contribution in [3.05, 3.63) is 15.9 Å². The number of ether oxygens (including phenoxy) is 1. The van der Waals surface area contributed by atoms with Crippen molar-refractivity contribution >= 4 is 17.2 Å². The quantitative estimate of drug-likeness (QED) is 0.774. The van der Waals surface area contributed by atoms with Crippen molar-refractivity contribution in [2.45, 2.75) is 51.2 Å². The van der Waals surface area contributed by atoms with E-state index in [0.29, 0.717) is 35.7 Å². The minimum absolute atomic E-state index is 0.112. The van der Waals surface area contributed by atoms with Crippen LogP contribution in [0.1, 0.15) is 37.0 Å². The molecule has 26 heavy (non-hydrogen) atoms. The number of carbonyl (C=O) groups excluding carboxylic acids is 1. The van der Waals surface area contributed by atoms with Gasteiger partial charge in [0.25, 0.3) is 5.91 Å². The van der Waals surface area contributed by atoms with E-state index in [4.69, 9.17) is 4.74 Å². The van der Waals surface area contributed by atoms with Gasteiger partial charge in [0.15, 0.2) is 4.80 Å². The lowest BCUT2D eigenvalue weighted by Crippen LogP contribution is -2.33. The van der Waals surface area contributed by atoms with E-state index < -0.39 is 12.6 Å². The van der Waals surface area contributed by atoms with E-state index in [9.17, 15) is 18.0 Å². The highest BCUT2D eigenvalue weighted by molar-refractivity contribution is 7.09. The van der Waals surface area contributed by atoms with Gasteiger partial charge in [-0.05, 0) is 49.9 Å². The van der Waals surface area contributed by atoms with Crippen LogP contribution in [0.2, 0.25) is 0 Å². The van der Waals surface area contributed by atoms with Crippen molar-refractivity contribution in [3.63, 3.8) is 0 Å². The molecule has 4 bridgehead atoms. The summed E-state index contributed by atoms with van der Waals surface area (Å²) in [4.78, 5) is 18.0. The largest absolute Gasteiger partial charge is 0.393 e. The van der Waals surface area contributed by atoms with Crippen LogP contribution in [-0.2, 0) is 22.5 Å². The molecule has 4 aliphatic rings. The van der Waals surface area contributed by atoms with Crippen LogP contribution in [0.4, 0.5) is 13.2 Å². The summed E-state index contributed by atoms with van der Waals surface area (Å²) >= 11 is 0.967. The average molecular weight is 388 g/mol. The number of hydrogen-bond donors (Lipinski definition) is 0. The fourth-order valence-corrected chi connectivity index (χ4v) is 6.53. The summed E-state index contributed by atoms with van der Waals surface area (Å²) in [5.41, 5.74) is -0.346. The number of halogens is 3. The summed E-state index contributed by atoms with van der Waals surface area (Å²) in [5.74, 6) is 1.58. The molecule has 0 aromatic carbocycles. The number of nitrogens with zero attached hydrogens (tertiary/aromatic N) is 2. The molecule has 4 aliphatic carbocycles. The smallest absolute Gasteiger partial charge is 0.383 e. The fourth-order valence-electron chi connectivity index (χ4n) is 5.49. The maximum absolute atomic E-state index is 13.1. The predicted molar refractivity (Wildman–Crippen MR) is 90.5 cm³/mol. The molecule has 2 unspecified atom stereocenters. The molecule has 144 valence electrons. The molecule has 8 heteroatoms. The van der Waals surface area contributed by atoms with Crippen LogP contribution in [0.5, 0.6) is 0 Å². The summed E-state index contributed by atoms with van der Waals surface area (Å²) in [5, 5.41) is 0. The number of thiazole rings is 1. The number of aromatic nitrogens is 1. The normalized spacial score (nSPS) is 33.4. The molecule has 4 fully saturated rings. The lowest BCUT2D eigenvalue weighted by molar-refractivity contribution is -0.129. The van der Waals surface area contributed by atoms with Crippen LogP contribution in [0, 0.1) is 23.2 Å². The highest BCUT2D eigenvalue weighted by Gasteiger charge is 2.61. The Kier molecular flexibility index (Phi) is 4.54. The third-order valence-corrected chi connectivity index (χ3v) is 7.31. The molecule has 4 nitrogen and oxygen atoms in total. The first-order valence-electron chi connectivity index (χ1n) is 9.13. The molecular weight excluding hydrogens is 365 g/mol. The molecule has 0 saturated heterocycles. The molecule has 4 saturated carbocycles. The minimum atomic E-state index is -4.27. The first-order valence-corrected chi connectivity index (χ1v) is 9.95. The Morgan fingerprint density at radius 2 is 2.04 bits per heavy atom. The van der Waals surface area contributed by atoms with Gasteiger partial charge in [-0.3, -0.25) is 4.79 Å². The third-order valence-electron chi connectivity index (χ3n) is 6.29. The first-order chi connectivity index (χ1) is 12.3. The van der Waals surface area contributed by atoms with Crippen LogP contribution in [0.25, 0.3) is 0 Å². The topological polar surface area (TPSA) is 43.6 Å². The van der Waals surface area contributed by atoms with Gasteiger partial charge in [-0.1, -0.05) is 0 Å². The highest BCUT2D eigenvalue weighted by Crippen LogP contribution is 2.65. The maximum atomic E-state index is 13.1. The third kappa shape index (κ3) is 3.26. The fraction of sp³-hybridized carbons (Fsp3) is 0.778. The summed E-state index contributed by atoms with van der Waals surface area (Å²) in [6, 6.07) is 0. The van der Waals surface area contributed by atoms with Gasteiger partial charge in [0.1, 0.15) is 0 Å². The average Bonchev–Trinajstić information content (AvgIpc) is 3.11. The van der Waals surface area contributed by atoms with Crippen LogP contribution in [0.3, 0.4) is 0 Å². The van der Waals surface area contributed by atoms with E-state index in [-0.39, 0.29) is 16.2 Å². The van der Waals surface area contributed by atoms with E-state index in [1.54, 1.807) is 11.7 Å². The first kappa shape index (κ1) is 18.2. The number of alkyl halides is 3. The number of hydrogen-bond acceptors (Lipinski definition) is 3. The van der Waals surface area contributed by atoms with Crippen molar-refractivity contribution in [3.8, 4) is 0 Å². The molecule has 1 heterocycles. The molecule has 0 aliphatic heterocycles. The second-order valence-electron chi connectivity index (χ2n) is 8.08. The van der Waals surface area contributed by atoms with Gasteiger partial charge in [-0.15, -0.1) is 11.3 Å². The van der Waals surface area contributed by atoms with E-state index in [0.717, 1.165) is 37.0 Å². The van der Waals surface area contributed by atoms with Crippen molar-refractivity contribution in [2.24, 2.45) is 28.2 Å². The molecule has 0 spiro atoms. The van der Waals surface area contributed by atoms with Crippen molar-refractivity contribution in [1.82, 2.24) is 4.57 Å². The SMILES string of the molecule is COCCn1cc(CC(F)(F)F)s/c1=N\C(=O)C12CC3CC(CC1C3)C2. The van der Waals surface area contributed by atoms with Gasteiger partial charge >= 0.3 is 6.18 Å². The lowest BCUT2D eigenvalue weighted by atomic mass is 9.75. The van der Waals surface area contributed by atoms with E-state index >= 15 is 0 Å². The van der Waals surface area contributed by atoms with Gasteiger partial charge in [0.05, 0.1) is 18.4 Å². The Morgan fingerprint density at radius 3 is 2.65 bits per heavy atom. The Hall–Kier alpha value is -1.15. The standard InChI is InChI=1S/C18H23F3N2O2S/c1-25-3-2-23-10-14(9-18(19,20)21)26-16(23)22-15(24)17-7-11-4-12(8-17)6-13(17)5-11/h10-13H,2-9H2,1H3/b22-16-. The second kappa shape index (κ2) is 6.48. The van der Waals surface area contributed by atoms with Gasteiger partial charge < -0.3 is 9.30 Å². The molecule has 1 aromatic heterocycles. The number of amides is 1. The zero-order valence-electron chi connectivity index (χ0n) is 14.7. The molecule has 5 rings (SSSR count).